The van der Waals surface area contributed by atoms with Crippen LogP contribution in [0.5, 0.6) is 5.75 Å². The lowest BCUT2D eigenvalue weighted by atomic mass is 9.70. The van der Waals surface area contributed by atoms with Gasteiger partial charge in [0, 0.05) is 20.0 Å². The third kappa shape index (κ3) is 2.93. The van der Waals surface area contributed by atoms with Crippen molar-refractivity contribution < 1.29 is 19.1 Å². The summed E-state index contributed by atoms with van der Waals surface area (Å²) in [5, 5.41) is 7.56. The predicted octanol–water partition coefficient (Wildman–Crippen LogP) is 2.71. The lowest BCUT2D eigenvalue weighted by Crippen LogP contribution is -2.51. The molecule has 2 aromatic rings. The number of ether oxygens (including phenoxy) is 2. The molecule has 0 radical (unpaired) electrons. The van der Waals surface area contributed by atoms with E-state index in [4.69, 9.17) is 21.1 Å². The highest BCUT2D eigenvalue weighted by Gasteiger charge is 2.53. The summed E-state index contributed by atoms with van der Waals surface area (Å²) in [4.78, 5) is 26.8. The molecule has 9 heteroatoms. The van der Waals surface area contributed by atoms with E-state index >= 15 is 0 Å². The van der Waals surface area contributed by atoms with Crippen LogP contribution in [-0.2, 0) is 18.2 Å². The Kier molecular flexibility index (Phi) is 4.43. The molecule has 3 heterocycles. The first-order chi connectivity index (χ1) is 14.4. The molecule has 1 saturated heterocycles. The van der Waals surface area contributed by atoms with Crippen LogP contribution >= 0.6 is 11.6 Å². The number of methoxy groups -OCH3 is 1. The average Bonchev–Trinajstić information content (AvgIpc) is 3.33. The largest absolute Gasteiger partial charge is 0.496 e. The number of nitrogens with zero attached hydrogens (tertiary/aromatic N) is 3. The second-order valence-electron chi connectivity index (χ2n) is 8.37. The molecule has 2 fully saturated rings. The molecule has 30 heavy (non-hydrogen) atoms. The maximum atomic E-state index is 13.4. The molecule has 1 aliphatic carbocycles. The molecule has 2 aliphatic heterocycles. The number of amides is 2. The number of aryl methyl sites for hydroxylation is 1. The van der Waals surface area contributed by atoms with E-state index < -0.39 is 5.60 Å². The molecule has 0 bridgehead atoms. The standard InChI is InChI=1S/C21H23ClN4O4/c1-25-16(14(22)9-24-25)6-15-13-4-3-5-17(29-2)18(13)19(27)26(15)10-12-7-21(8-12)11-23-20(28)30-21/h3-5,9,12,15H,6-8,10-11H2,1-2H3,(H,23,28). The minimum absolute atomic E-state index is 0.0340. The van der Waals surface area contributed by atoms with Crippen LogP contribution < -0.4 is 10.1 Å². The molecule has 1 aromatic carbocycles. The van der Waals surface area contributed by atoms with E-state index in [-0.39, 0.29) is 24.0 Å². The van der Waals surface area contributed by atoms with Crippen LogP contribution in [0, 0.1) is 5.92 Å². The van der Waals surface area contributed by atoms with Crippen molar-refractivity contribution in [3.8, 4) is 5.75 Å². The van der Waals surface area contributed by atoms with Crippen LogP contribution in [0.3, 0.4) is 0 Å². The van der Waals surface area contributed by atoms with Crippen molar-refractivity contribution in [2.75, 3.05) is 20.2 Å². The first kappa shape index (κ1) is 19.2. The van der Waals surface area contributed by atoms with Crippen molar-refractivity contribution in [3.05, 3.63) is 46.2 Å². The van der Waals surface area contributed by atoms with Gasteiger partial charge in [0.15, 0.2) is 0 Å². The number of benzene rings is 1. The van der Waals surface area contributed by atoms with Gasteiger partial charge >= 0.3 is 6.09 Å². The number of halogens is 1. The van der Waals surface area contributed by atoms with E-state index in [1.54, 1.807) is 18.0 Å². The summed E-state index contributed by atoms with van der Waals surface area (Å²) in [7, 11) is 3.43. The van der Waals surface area contributed by atoms with E-state index in [1.165, 1.54) is 0 Å². The smallest absolute Gasteiger partial charge is 0.407 e. The van der Waals surface area contributed by atoms with Gasteiger partial charge in [0.25, 0.3) is 5.91 Å². The summed E-state index contributed by atoms with van der Waals surface area (Å²) >= 11 is 6.37. The minimum Gasteiger partial charge on any atom is -0.496 e. The summed E-state index contributed by atoms with van der Waals surface area (Å²) in [5.41, 5.74) is 2.04. The van der Waals surface area contributed by atoms with Gasteiger partial charge in [0.2, 0.25) is 0 Å². The minimum atomic E-state index is -0.407. The Hall–Kier alpha value is -2.74. The number of hydrogen-bond acceptors (Lipinski definition) is 5. The van der Waals surface area contributed by atoms with Crippen molar-refractivity contribution in [3.63, 3.8) is 0 Å². The maximum Gasteiger partial charge on any atom is 0.407 e. The predicted molar refractivity (Wildman–Crippen MR) is 109 cm³/mol. The van der Waals surface area contributed by atoms with Gasteiger partial charge < -0.3 is 19.7 Å². The van der Waals surface area contributed by atoms with Crippen LogP contribution in [0.1, 0.15) is 40.5 Å². The lowest BCUT2D eigenvalue weighted by Gasteiger charge is -2.44. The molecular formula is C21H23ClN4O4. The molecule has 1 saturated carbocycles. The van der Waals surface area contributed by atoms with Gasteiger partial charge in [-0.05, 0) is 30.4 Å². The van der Waals surface area contributed by atoms with Crippen LogP contribution in [0.25, 0.3) is 0 Å². The Labute approximate surface area is 179 Å². The third-order valence-corrected chi connectivity index (χ3v) is 6.84. The van der Waals surface area contributed by atoms with Gasteiger partial charge in [-0.15, -0.1) is 0 Å². The van der Waals surface area contributed by atoms with Crippen LogP contribution in [0.4, 0.5) is 4.79 Å². The van der Waals surface area contributed by atoms with E-state index in [0.29, 0.717) is 35.8 Å². The van der Waals surface area contributed by atoms with Crippen molar-refractivity contribution in [1.29, 1.82) is 0 Å². The maximum absolute atomic E-state index is 13.4. The first-order valence-corrected chi connectivity index (χ1v) is 10.4. The van der Waals surface area contributed by atoms with Gasteiger partial charge in [0.1, 0.15) is 11.4 Å². The topological polar surface area (TPSA) is 85.7 Å². The quantitative estimate of drug-likeness (QED) is 0.788. The normalized spacial score (nSPS) is 27.1. The van der Waals surface area contributed by atoms with Crippen LogP contribution in [-0.4, -0.2) is 52.5 Å². The Morgan fingerprint density at radius 2 is 2.17 bits per heavy atom. The highest BCUT2D eigenvalue weighted by molar-refractivity contribution is 6.31. The second kappa shape index (κ2) is 6.91. The molecule has 1 aromatic heterocycles. The van der Waals surface area contributed by atoms with Gasteiger partial charge in [-0.25, -0.2) is 4.79 Å². The van der Waals surface area contributed by atoms with Gasteiger partial charge in [-0.2, -0.15) is 5.10 Å². The molecule has 2 amide bonds. The Balaban J connectivity index is 1.43. The fourth-order valence-corrected chi connectivity index (χ4v) is 5.33. The van der Waals surface area contributed by atoms with Crippen LogP contribution in [0.15, 0.2) is 24.4 Å². The summed E-state index contributed by atoms with van der Waals surface area (Å²) in [5.74, 6) is 0.819. The fourth-order valence-electron chi connectivity index (χ4n) is 5.09. The third-order valence-electron chi connectivity index (χ3n) is 6.53. The van der Waals surface area contributed by atoms with Gasteiger partial charge in [-0.3, -0.25) is 9.48 Å². The van der Waals surface area contributed by atoms with E-state index in [0.717, 1.165) is 24.1 Å². The van der Waals surface area contributed by atoms with Crippen molar-refractivity contribution in [2.45, 2.75) is 30.9 Å². The molecule has 158 valence electrons. The number of fused-ring (bicyclic) bond motifs is 1. The first-order valence-electron chi connectivity index (χ1n) is 10.0. The molecule has 1 spiro atoms. The van der Waals surface area contributed by atoms with Gasteiger partial charge in [-0.1, -0.05) is 23.7 Å². The number of alkyl carbamates (subject to hydrolysis) is 1. The molecule has 3 aliphatic rings. The second-order valence-corrected chi connectivity index (χ2v) is 8.77. The molecular weight excluding hydrogens is 408 g/mol. The highest BCUT2D eigenvalue weighted by atomic mass is 35.5. The number of hydrogen-bond donors (Lipinski definition) is 1. The van der Waals surface area contributed by atoms with E-state index in [9.17, 15) is 9.59 Å². The molecule has 8 nitrogen and oxygen atoms in total. The molecule has 1 N–H and O–H groups in total. The van der Waals surface area contributed by atoms with Crippen molar-refractivity contribution >= 4 is 23.6 Å². The number of aromatic nitrogens is 2. The molecule has 5 rings (SSSR count). The number of nitrogens with one attached hydrogen (secondary N) is 1. The Morgan fingerprint density at radius 3 is 2.80 bits per heavy atom. The monoisotopic (exact) mass is 430 g/mol. The zero-order valence-corrected chi connectivity index (χ0v) is 17.6. The zero-order valence-electron chi connectivity index (χ0n) is 16.9. The highest BCUT2D eigenvalue weighted by Crippen LogP contribution is 2.47. The summed E-state index contributed by atoms with van der Waals surface area (Å²) in [6.07, 6.45) is 3.34. The van der Waals surface area contributed by atoms with Crippen molar-refractivity contribution in [1.82, 2.24) is 20.0 Å². The van der Waals surface area contributed by atoms with E-state index in [1.807, 2.05) is 30.1 Å². The van der Waals surface area contributed by atoms with E-state index in [2.05, 4.69) is 10.4 Å². The molecule has 1 unspecified atom stereocenters. The van der Waals surface area contributed by atoms with Gasteiger partial charge in [0.05, 0.1) is 42.2 Å². The van der Waals surface area contributed by atoms with Crippen LogP contribution in [0.2, 0.25) is 5.02 Å². The number of rotatable bonds is 5. The molecule has 1 atom stereocenters. The SMILES string of the molecule is COc1cccc2c1C(=O)N(CC1CC3(CNC(=O)O3)C1)C2Cc1c(Cl)cnn1C. The fraction of sp³-hybridized carbons (Fsp3) is 0.476. The number of carbonyl (C=O) groups is 2. The summed E-state index contributed by atoms with van der Waals surface area (Å²) in [6, 6.07) is 5.55. The Morgan fingerprint density at radius 1 is 1.37 bits per heavy atom. The Bertz CT molecular complexity index is 1010. The number of carbonyl (C=O) groups excluding carboxylic acids is 2. The summed E-state index contributed by atoms with van der Waals surface area (Å²) in [6.45, 7) is 1.13. The van der Waals surface area contributed by atoms with Crippen molar-refractivity contribution in [2.24, 2.45) is 13.0 Å². The summed E-state index contributed by atoms with van der Waals surface area (Å²) < 4.78 is 12.7. The lowest BCUT2D eigenvalue weighted by molar-refractivity contribution is -0.0555. The zero-order chi connectivity index (χ0) is 21.0. The average molecular weight is 431 g/mol.